The molecular formula is C64H64N2. The predicted octanol–water partition coefficient (Wildman–Crippen LogP) is 18.0. The van der Waals surface area contributed by atoms with Crippen LogP contribution in [0.1, 0.15) is 115 Å². The highest BCUT2D eigenvalue weighted by Crippen LogP contribution is 2.60. The van der Waals surface area contributed by atoms with Crippen LogP contribution >= 0.6 is 0 Å². The number of anilines is 5. The van der Waals surface area contributed by atoms with E-state index in [2.05, 4.69) is 256 Å². The van der Waals surface area contributed by atoms with Crippen LogP contribution in [0.4, 0.5) is 28.4 Å². The Morgan fingerprint density at radius 1 is 0.439 bits per heavy atom. The largest absolute Gasteiger partial charge is 0.355 e. The lowest BCUT2D eigenvalue weighted by Gasteiger charge is -2.40. The van der Waals surface area contributed by atoms with Crippen molar-refractivity contribution in [3.8, 4) is 44.5 Å². The fourth-order valence-electron chi connectivity index (χ4n) is 10.5. The lowest BCUT2D eigenvalue weighted by molar-refractivity contribution is 0.590. The molecule has 66 heavy (non-hydrogen) atoms. The molecule has 0 radical (unpaired) electrons. The Bertz CT molecular complexity index is 3130. The number of nitrogens with zero attached hydrogens (tertiary/aromatic N) is 1. The van der Waals surface area contributed by atoms with Crippen molar-refractivity contribution in [1.82, 2.24) is 0 Å². The average molecular weight is 861 g/mol. The molecule has 0 saturated heterocycles. The van der Waals surface area contributed by atoms with Gasteiger partial charge in [-0.15, -0.1) is 0 Å². The lowest BCUT2D eigenvalue weighted by Crippen LogP contribution is -2.26. The van der Waals surface area contributed by atoms with Gasteiger partial charge in [0.2, 0.25) is 0 Å². The Hall–Kier alpha value is -6.64. The zero-order chi connectivity index (χ0) is 46.3. The molecule has 0 spiro atoms. The van der Waals surface area contributed by atoms with Crippen molar-refractivity contribution in [1.29, 1.82) is 0 Å². The van der Waals surface area contributed by atoms with Crippen LogP contribution in [0.2, 0.25) is 0 Å². The number of rotatable bonds is 6. The summed E-state index contributed by atoms with van der Waals surface area (Å²) in [5.74, 6) is 0. The van der Waals surface area contributed by atoms with E-state index in [4.69, 9.17) is 0 Å². The maximum absolute atomic E-state index is 3.98. The molecule has 2 aliphatic rings. The van der Waals surface area contributed by atoms with Gasteiger partial charge in [0, 0.05) is 34.3 Å². The van der Waals surface area contributed by atoms with Gasteiger partial charge in [0.1, 0.15) is 0 Å². The molecular weight excluding hydrogens is 797 g/mol. The molecule has 10 rings (SSSR count). The standard InChI is InChI=1S/C64H64N2/c1-61(2,3)45-27-31-48(32-28-45)65-56-40-47(63(7,8)9)29-34-50(56)53-37-44(41-20-14-12-15-21-41)38-58-54(53)36-43-26-33-51-49-24-18-19-25-55(49)64(10,11)59(51)60(43)66(58)57-35-30-46(62(4,5)6)39-52(57)42-22-16-13-17-23-42/h12-35,37-40,65H,36H2,1-11H3. The second-order valence-electron chi connectivity index (χ2n) is 22.4. The highest BCUT2D eigenvalue weighted by Gasteiger charge is 2.42. The van der Waals surface area contributed by atoms with Crippen LogP contribution in [0.15, 0.2) is 170 Å². The monoisotopic (exact) mass is 861 g/mol. The summed E-state index contributed by atoms with van der Waals surface area (Å²) in [4.78, 5) is 2.67. The molecule has 1 aliphatic carbocycles. The Balaban J connectivity index is 1.30. The van der Waals surface area contributed by atoms with Gasteiger partial charge in [0.05, 0.1) is 17.1 Å². The van der Waals surface area contributed by atoms with Gasteiger partial charge in [-0.1, -0.05) is 204 Å². The summed E-state index contributed by atoms with van der Waals surface area (Å²) >= 11 is 0. The molecule has 8 aromatic carbocycles. The Morgan fingerprint density at radius 3 is 1.68 bits per heavy atom. The molecule has 8 aromatic rings. The Labute approximate surface area is 394 Å². The average Bonchev–Trinajstić information content (AvgIpc) is 3.53. The zero-order valence-electron chi connectivity index (χ0n) is 40.8. The van der Waals surface area contributed by atoms with E-state index in [1.165, 1.54) is 101 Å². The number of benzene rings is 8. The first-order chi connectivity index (χ1) is 31.4. The number of nitrogens with one attached hydrogen (secondary N) is 1. The van der Waals surface area contributed by atoms with Crippen LogP contribution in [-0.2, 0) is 28.1 Å². The zero-order valence-corrected chi connectivity index (χ0v) is 40.8. The predicted molar refractivity (Wildman–Crippen MR) is 284 cm³/mol. The summed E-state index contributed by atoms with van der Waals surface area (Å²) < 4.78 is 0. The van der Waals surface area contributed by atoms with Crippen LogP contribution in [0, 0.1) is 0 Å². The molecule has 1 aliphatic heterocycles. The first kappa shape index (κ1) is 43.3. The minimum atomic E-state index is -0.229. The maximum Gasteiger partial charge on any atom is 0.0544 e. The summed E-state index contributed by atoms with van der Waals surface area (Å²) in [6, 6.07) is 64.3. The van der Waals surface area contributed by atoms with Crippen molar-refractivity contribution in [2.75, 3.05) is 10.2 Å². The molecule has 0 unspecified atom stereocenters. The summed E-state index contributed by atoms with van der Waals surface area (Å²) in [7, 11) is 0. The molecule has 0 atom stereocenters. The molecule has 1 heterocycles. The molecule has 2 nitrogen and oxygen atoms in total. The van der Waals surface area contributed by atoms with Crippen molar-refractivity contribution < 1.29 is 0 Å². The van der Waals surface area contributed by atoms with Gasteiger partial charge in [0.25, 0.3) is 0 Å². The van der Waals surface area contributed by atoms with Crippen LogP contribution in [0.25, 0.3) is 44.5 Å². The highest BCUT2D eigenvalue weighted by molar-refractivity contribution is 6.01. The van der Waals surface area contributed by atoms with Crippen molar-refractivity contribution in [2.24, 2.45) is 0 Å². The van der Waals surface area contributed by atoms with E-state index in [-0.39, 0.29) is 21.7 Å². The van der Waals surface area contributed by atoms with Gasteiger partial charge in [0.15, 0.2) is 0 Å². The van der Waals surface area contributed by atoms with Crippen molar-refractivity contribution >= 4 is 28.4 Å². The van der Waals surface area contributed by atoms with Crippen LogP contribution in [-0.4, -0.2) is 0 Å². The molecule has 0 bridgehead atoms. The topological polar surface area (TPSA) is 15.3 Å². The summed E-state index contributed by atoms with van der Waals surface area (Å²) in [6.45, 7) is 25.6. The second-order valence-corrected chi connectivity index (χ2v) is 22.4. The quantitative estimate of drug-likeness (QED) is 0.179. The van der Waals surface area contributed by atoms with Gasteiger partial charge in [-0.25, -0.2) is 0 Å². The van der Waals surface area contributed by atoms with E-state index in [1.54, 1.807) is 0 Å². The molecule has 0 fully saturated rings. The Kier molecular flexibility index (Phi) is 10.3. The Morgan fingerprint density at radius 2 is 1.02 bits per heavy atom. The second kappa shape index (κ2) is 15.8. The summed E-state index contributed by atoms with van der Waals surface area (Å²) in [5, 5.41) is 3.98. The van der Waals surface area contributed by atoms with Crippen molar-refractivity contribution in [3.63, 3.8) is 0 Å². The minimum absolute atomic E-state index is 0.0337. The van der Waals surface area contributed by atoms with Crippen molar-refractivity contribution in [3.05, 3.63) is 209 Å². The fourth-order valence-corrected chi connectivity index (χ4v) is 10.5. The van der Waals surface area contributed by atoms with Gasteiger partial charge >= 0.3 is 0 Å². The molecule has 0 aromatic heterocycles. The number of hydrogen-bond acceptors (Lipinski definition) is 2. The normalized spacial score (nSPS) is 14.0. The lowest BCUT2D eigenvalue weighted by atomic mass is 9.77. The van der Waals surface area contributed by atoms with Crippen LogP contribution in [0.3, 0.4) is 0 Å². The molecule has 0 amide bonds. The van der Waals surface area contributed by atoms with E-state index in [0.29, 0.717) is 0 Å². The first-order valence-electron chi connectivity index (χ1n) is 23.9. The third-order valence-electron chi connectivity index (χ3n) is 14.3. The summed E-state index contributed by atoms with van der Waals surface area (Å²) in [5.41, 5.74) is 25.0. The number of fused-ring (bicyclic) bond motifs is 6. The van der Waals surface area contributed by atoms with Crippen LogP contribution in [0.5, 0.6) is 0 Å². The van der Waals surface area contributed by atoms with E-state index in [0.717, 1.165) is 17.8 Å². The number of hydrogen-bond donors (Lipinski definition) is 1. The van der Waals surface area contributed by atoms with Gasteiger partial charge in [-0.05, 0) is 131 Å². The minimum Gasteiger partial charge on any atom is -0.355 e. The van der Waals surface area contributed by atoms with Crippen molar-refractivity contribution in [2.45, 2.75) is 104 Å². The maximum atomic E-state index is 3.98. The third kappa shape index (κ3) is 7.55. The van der Waals surface area contributed by atoms with E-state index in [1.807, 2.05) is 0 Å². The molecule has 2 heteroatoms. The van der Waals surface area contributed by atoms with E-state index >= 15 is 0 Å². The summed E-state index contributed by atoms with van der Waals surface area (Å²) in [6.07, 6.45) is 0.798. The first-order valence-corrected chi connectivity index (χ1v) is 23.9. The van der Waals surface area contributed by atoms with E-state index < -0.39 is 0 Å². The van der Waals surface area contributed by atoms with Gasteiger partial charge < -0.3 is 10.2 Å². The SMILES string of the molecule is CC(C)(C)c1ccc(Nc2cc(C(C)(C)C)ccc2-c2cc(-c3ccccc3)cc3c2Cc2ccc4c(c2N3c2ccc(C(C)(C)C)cc2-c2ccccc2)C(C)(C)c2ccccc2-4)cc1. The smallest absolute Gasteiger partial charge is 0.0544 e. The fraction of sp³-hybridized carbons (Fsp3) is 0.250. The molecule has 1 N–H and O–H groups in total. The molecule has 330 valence electrons. The van der Waals surface area contributed by atoms with Gasteiger partial charge in [-0.3, -0.25) is 0 Å². The van der Waals surface area contributed by atoms with Gasteiger partial charge in [-0.2, -0.15) is 0 Å². The van der Waals surface area contributed by atoms with E-state index in [9.17, 15) is 0 Å². The van der Waals surface area contributed by atoms with Crippen LogP contribution < -0.4 is 10.2 Å². The highest BCUT2D eigenvalue weighted by atomic mass is 15.2. The molecule has 0 saturated carbocycles. The third-order valence-corrected chi connectivity index (χ3v) is 14.3.